The van der Waals surface area contributed by atoms with Crippen LogP contribution in [0.5, 0.6) is 0 Å². The second-order valence-corrected chi connectivity index (χ2v) is 4.82. The molecule has 1 fully saturated rings. The molecule has 6 heteroatoms. The standard InChI is InChI=1S/C10H12N4OS/c15-6-4-7(11-5-6)9-12-10(14-13-9)8-2-1-3-16-8/h1-3,6-7,11,15H,4-5H2,(H,12,13,14). The molecule has 3 N–H and O–H groups in total. The Morgan fingerprint density at radius 3 is 3.12 bits per heavy atom. The minimum Gasteiger partial charge on any atom is -0.392 e. The van der Waals surface area contributed by atoms with Crippen LogP contribution in [0.15, 0.2) is 17.5 Å². The van der Waals surface area contributed by atoms with Crippen molar-refractivity contribution in [1.82, 2.24) is 20.5 Å². The van der Waals surface area contributed by atoms with Gasteiger partial charge in [0.1, 0.15) is 5.82 Å². The molecule has 0 aliphatic carbocycles. The molecule has 0 aromatic carbocycles. The fraction of sp³-hybridized carbons (Fsp3) is 0.400. The zero-order valence-electron chi connectivity index (χ0n) is 8.55. The number of aliphatic hydroxyl groups is 1. The predicted molar refractivity (Wildman–Crippen MR) is 61.1 cm³/mol. The second-order valence-electron chi connectivity index (χ2n) is 3.87. The van der Waals surface area contributed by atoms with Gasteiger partial charge >= 0.3 is 0 Å². The molecule has 0 amide bonds. The summed E-state index contributed by atoms with van der Waals surface area (Å²) in [5, 5.41) is 21.7. The summed E-state index contributed by atoms with van der Waals surface area (Å²) in [6.07, 6.45) is 0.416. The van der Waals surface area contributed by atoms with Gasteiger partial charge in [0.25, 0.3) is 0 Å². The zero-order valence-corrected chi connectivity index (χ0v) is 9.37. The molecule has 16 heavy (non-hydrogen) atoms. The smallest absolute Gasteiger partial charge is 0.191 e. The Balaban J connectivity index is 1.83. The molecule has 3 heterocycles. The lowest BCUT2D eigenvalue weighted by molar-refractivity contribution is 0.193. The van der Waals surface area contributed by atoms with Crippen molar-refractivity contribution < 1.29 is 5.11 Å². The third-order valence-corrected chi connectivity index (χ3v) is 3.55. The van der Waals surface area contributed by atoms with Gasteiger partial charge in [-0.15, -0.1) is 11.3 Å². The maximum absolute atomic E-state index is 9.43. The van der Waals surface area contributed by atoms with E-state index in [1.165, 1.54) is 0 Å². The van der Waals surface area contributed by atoms with E-state index in [9.17, 15) is 5.11 Å². The van der Waals surface area contributed by atoms with E-state index >= 15 is 0 Å². The number of β-amino-alcohol motifs (C(OH)–C–C–N with tert-alkyl or cyclic N) is 1. The van der Waals surface area contributed by atoms with Gasteiger partial charge in [0.05, 0.1) is 17.0 Å². The van der Waals surface area contributed by atoms with Gasteiger partial charge in [0.2, 0.25) is 0 Å². The van der Waals surface area contributed by atoms with Gasteiger partial charge < -0.3 is 10.4 Å². The van der Waals surface area contributed by atoms with E-state index in [0.717, 1.165) is 16.5 Å². The molecule has 2 unspecified atom stereocenters. The third kappa shape index (κ3) is 1.75. The number of nitrogens with one attached hydrogen (secondary N) is 2. The van der Waals surface area contributed by atoms with E-state index in [0.29, 0.717) is 13.0 Å². The zero-order chi connectivity index (χ0) is 11.0. The highest BCUT2D eigenvalue weighted by molar-refractivity contribution is 7.13. The monoisotopic (exact) mass is 236 g/mol. The molecule has 2 atom stereocenters. The number of H-pyrrole nitrogens is 1. The first kappa shape index (κ1) is 9.95. The predicted octanol–water partition coefficient (Wildman–Crippen LogP) is 0.928. The van der Waals surface area contributed by atoms with Crippen molar-refractivity contribution in [2.45, 2.75) is 18.6 Å². The summed E-state index contributed by atoms with van der Waals surface area (Å²) in [5.74, 6) is 1.54. The second kappa shape index (κ2) is 3.97. The van der Waals surface area contributed by atoms with Gasteiger partial charge in [-0.25, -0.2) is 4.98 Å². The summed E-state index contributed by atoms with van der Waals surface area (Å²) in [6.45, 7) is 0.625. The topological polar surface area (TPSA) is 73.8 Å². The third-order valence-electron chi connectivity index (χ3n) is 2.68. The maximum Gasteiger partial charge on any atom is 0.191 e. The van der Waals surface area contributed by atoms with E-state index in [1.54, 1.807) is 11.3 Å². The Labute approximate surface area is 96.5 Å². The molecular formula is C10H12N4OS. The number of hydrogen-bond acceptors (Lipinski definition) is 5. The van der Waals surface area contributed by atoms with Crippen molar-refractivity contribution in [3.63, 3.8) is 0 Å². The highest BCUT2D eigenvalue weighted by Gasteiger charge is 2.26. The number of aliphatic hydroxyl groups excluding tert-OH is 1. The van der Waals surface area contributed by atoms with Gasteiger partial charge in [-0.1, -0.05) is 6.07 Å². The molecule has 1 saturated heterocycles. The van der Waals surface area contributed by atoms with E-state index in [1.807, 2.05) is 17.5 Å². The minimum atomic E-state index is -0.278. The molecule has 0 saturated carbocycles. The summed E-state index contributed by atoms with van der Waals surface area (Å²) < 4.78 is 0. The number of rotatable bonds is 2. The van der Waals surface area contributed by atoms with Crippen LogP contribution >= 0.6 is 11.3 Å². The quantitative estimate of drug-likeness (QED) is 0.725. The molecule has 1 aliphatic rings. The van der Waals surface area contributed by atoms with Crippen LogP contribution in [0, 0.1) is 0 Å². The number of thiophene rings is 1. The number of nitrogens with zero attached hydrogens (tertiary/aromatic N) is 2. The van der Waals surface area contributed by atoms with E-state index in [2.05, 4.69) is 20.5 Å². The maximum atomic E-state index is 9.43. The van der Waals surface area contributed by atoms with Crippen molar-refractivity contribution in [1.29, 1.82) is 0 Å². The van der Waals surface area contributed by atoms with Crippen LogP contribution in [0.1, 0.15) is 18.3 Å². The Morgan fingerprint density at radius 1 is 1.50 bits per heavy atom. The van der Waals surface area contributed by atoms with Crippen LogP contribution in [0.4, 0.5) is 0 Å². The van der Waals surface area contributed by atoms with E-state index in [4.69, 9.17) is 0 Å². The summed E-state index contributed by atoms with van der Waals surface area (Å²) in [4.78, 5) is 5.50. The van der Waals surface area contributed by atoms with Crippen molar-refractivity contribution in [2.24, 2.45) is 0 Å². The average molecular weight is 236 g/mol. The van der Waals surface area contributed by atoms with Crippen LogP contribution in [0.2, 0.25) is 0 Å². The fourth-order valence-corrected chi connectivity index (χ4v) is 2.53. The van der Waals surface area contributed by atoms with Gasteiger partial charge in [-0.2, -0.15) is 5.10 Å². The van der Waals surface area contributed by atoms with Crippen molar-refractivity contribution in [3.8, 4) is 10.7 Å². The lowest BCUT2D eigenvalue weighted by Gasteiger charge is -2.03. The first-order chi connectivity index (χ1) is 7.83. The molecule has 0 radical (unpaired) electrons. The summed E-state index contributed by atoms with van der Waals surface area (Å²) in [5.41, 5.74) is 0. The van der Waals surface area contributed by atoms with E-state index in [-0.39, 0.29) is 12.1 Å². The van der Waals surface area contributed by atoms with Gasteiger partial charge in [-0.05, 0) is 17.9 Å². The molecule has 1 aliphatic heterocycles. The van der Waals surface area contributed by atoms with Gasteiger partial charge in [0, 0.05) is 6.54 Å². The molecule has 84 valence electrons. The molecule has 2 aromatic heterocycles. The Bertz CT molecular complexity index is 467. The summed E-state index contributed by atoms with van der Waals surface area (Å²) >= 11 is 1.62. The van der Waals surface area contributed by atoms with E-state index < -0.39 is 0 Å². The molecule has 5 nitrogen and oxygen atoms in total. The molecule has 0 spiro atoms. The van der Waals surface area contributed by atoms with Crippen LogP contribution < -0.4 is 5.32 Å². The Hall–Kier alpha value is -1.24. The summed E-state index contributed by atoms with van der Waals surface area (Å²) in [7, 11) is 0. The minimum absolute atomic E-state index is 0.0937. The molecular weight excluding hydrogens is 224 g/mol. The Kier molecular flexibility index (Phi) is 2.47. The molecule has 3 rings (SSSR count). The lowest BCUT2D eigenvalue weighted by Crippen LogP contribution is -2.15. The van der Waals surface area contributed by atoms with Crippen LogP contribution in [0.3, 0.4) is 0 Å². The highest BCUT2D eigenvalue weighted by Crippen LogP contribution is 2.24. The molecule has 0 bridgehead atoms. The largest absolute Gasteiger partial charge is 0.392 e. The normalized spacial score (nSPS) is 25.1. The number of hydrogen-bond donors (Lipinski definition) is 3. The number of aromatic amines is 1. The Morgan fingerprint density at radius 2 is 2.44 bits per heavy atom. The van der Waals surface area contributed by atoms with Crippen LogP contribution in [-0.4, -0.2) is 32.9 Å². The number of aromatic nitrogens is 3. The first-order valence-corrected chi connectivity index (χ1v) is 6.08. The van der Waals surface area contributed by atoms with Crippen LogP contribution in [0.25, 0.3) is 10.7 Å². The van der Waals surface area contributed by atoms with Gasteiger partial charge in [0.15, 0.2) is 5.82 Å². The van der Waals surface area contributed by atoms with Crippen molar-refractivity contribution in [3.05, 3.63) is 23.3 Å². The van der Waals surface area contributed by atoms with Gasteiger partial charge in [-0.3, -0.25) is 5.10 Å². The van der Waals surface area contributed by atoms with Crippen LogP contribution in [-0.2, 0) is 0 Å². The van der Waals surface area contributed by atoms with Crippen molar-refractivity contribution >= 4 is 11.3 Å². The fourth-order valence-electron chi connectivity index (χ4n) is 1.87. The lowest BCUT2D eigenvalue weighted by atomic mass is 10.2. The SMILES string of the molecule is OC1CNC(c2nc(-c3cccs3)n[nH]2)C1. The summed E-state index contributed by atoms with van der Waals surface area (Å²) in [6, 6.07) is 4.07. The average Bonchev–Trinajstić information content (AvgIpc) is 2.97. The highest BCUT2D eigenvalue weighted by atomic mass is 32.1. The molecule has 2 aromatic rings. The van der Waals surface area contributed by atoms with Crippen molar-refractivity contribution in [2.75, 3.05) is 6.54 Å². The first-order valence-electron chi connectivity index (χ1n) is 5.20.